The molecule has 1 amide bonds. The van der Waals surface area contributed by atoms with E-state index >= 15 is 0 Å². The van der Waals surface area contributed by atoms with Gasteiger partial charge in [-0.2, -0.15) is 0 Å². The number of fused-ring (bicyclic) bond motifs is 3. The number of unbranched alkanes of at least 4 members (excludes halogenated alkanes) is 1. The molecule has 0 saturated carbocycles. The van der Waals surface area contributed by atoms with Gasteiger partial charge in [0.2, 0.25) is 11.6 Å². The third-order valence-electron chi connectivity index (χ3n) is 8.08. The molecule has 0 aliphatic carbocycles. The van der Waals surface area contributed by atoms with Gasteiger partial charge in [0.15, 0.2) is 23.5 Å². The predicted molar refractivity (Wildman–Crippen MR) is 197 cm³/mol. The van der Waals surface area contributed by atoms with Gasteiger partial charge in [0.25, 0.3) is 0 Å². The van der Waals surface area contributed by atoms with Crippen LogP contribution in [0.4, 0.5) is 10.6 Å². The van der Waals surface area contributed by atoms with Crippen LogP contribution < -0.4 is 15.0 Å². The molecule has 1 aliphatic rings. The monoisotopic (exact) mass is 751 g/mol. The van der Waals surface area contributed by atoms with E-state index in [1.54, 1.807) is 31.3 Å². The molecule has 16 heteroatoms. The number of nitrogens with one attached hydrogen (secondary N) is 1. The van der Waals surface area contributed by atoms with Crippen LogP contribution in [0.15, 0.2) is 47.0 Å². The minimum atomic E-state index is -0.855. The lowest BCUT2D eigenvalue weighted by Crippen LogP contribution is -2.37. The van der Waals surface area contributed by atoms with Crippen molar-refractivity contribution in [2.24, 2.45) is 0 Å². The van der Waals surface area contributed by atoms with E-state index in [2.05, 4.69) is 15.2 Å². The molecule has 5 rings (SSSR count). The largest absolute Gasteiger partial charge is 0.513 e. The second-order valence-corrected chi connectivity index (χ2v) is 13.7. The number of rotatable bonds is 18. The van der Waals surface area contributed by atoms with Crippen molar-refractivity contribution in [1.82, 2.24) is 20.3 Å². The summed E-state index contributed by atoms with van der Waals surface area (Å²) in [6.45, 7) is 9.82. The SMILES string of the molecule is CC(CO)OC(COC(=O)CCCC(=O)NCCCCOC(=O)Oc1cccc(-c2nc(N3CCOCC3)c3oc4ncccc4c3n2)c1)OC(C)(C)C. The zero-order valence-electron chi connectivity index (χ0n) is 31.2. The average Bonchev–Trinajstić information content (AvgIpc) is 3.53. The molecule has 3 aromatic heterocycles. The molecule has 1 aromatic carbocycles. The van der Waals surface area contributed by atoms with E-state index in [0.29, 0.717) is 86.1 Å². The Kier molecular flexibility index (Phi) is 14.5. The van der Waals surface area contributed by atoms with Crippen molar-refractivity contribution >= 4 is 46.0 Å². The number of esters is 1. The first-order valence-corrected chi connectivity index (χ1v) is 18.2. The zero-order chi connectivity index (χ0) is 38.5. The lowest BCUT2D eigenvalue weighted by atomic mass is 10.2. The van der Waals surface area contributed by atoms with E-state index in [9.17, 15) is 19.5 Å². The molecule has 292 valence electrons. The molecule has 2 atom stereocenters. The van der Waals surface area contributed by atoms with Gasteiger partial charge in [0, 0.05) is 44.2 Å². The Bertz CT molecular complexity index is 1850. The average molecular weight is 752 g/mol. The highest BCUT2D eigenvalue weighted by molar-refractivity contribution is 6.05. The number of morpholine rings is 1. The highest BCUT2D eigenvalue weighted by Gasteiger charge is 2.24. The highest BCUT2D eigenvalue weighted by Crippen LogP contribution is 2.35. The third kappa shape index (κ3) is 12.1. The number of hydrogen-bond donors (Lipinski definition) is 2. The summed E-state index contributed by atoms with van der Waals surface area (Å²) in [4.78, 5) is 53.0. The summed E-state index contributed by atoms with van der Waals surface area (Å²) >= 11 is 0. The highest BCUT2D eigenvalue weighted by atomic mass is 16.7. The second-order valence-electron chi connectivity index (χ2n) is 13.7. The van der Waals surface area contributed by atoms with Crippen LogP contribution in [0.25, 0.3) is 33.6 Å². The Hall–Kier alpha value is -4.90. The molecular weight excluding hydrogens is 702 g/mol. The summed E-state index contributed by atoms with van der Waals surface area (Å²) in [5.41, 5.74) is 1.77. The lowest BCUT2D eigenvalue weighted by molar-refractivity contribution is -0.235. The van der Waals surface area contributed by atoms with Crippen LogP contribution in [-0.2, 0) is 33.3 Å². The fourth-order valence-corrected chi connectivity index (χ4v) is 5.53. The zero-order valence-corrected chi connectivity index (χ0v) is 31.2. The van der Waals surface area contributed by atoms with Crippen molar-refractivity contribution in [3.8, 4) is 17.1 Å². The summed E-state index contributed by atoms with van der Waals surface area (Å²) in [6.07, 6.45) is 1.10. The van der Waals surface area contributed by atoms with Crippen molar-refractivity contribution < 1.29 is 52.3 Å². The molecule has 4 aromatic rings. The summed E-state index contributed by atoms with van der Waals surface area (Å²) in [7, 11) is 0. The maximum atomic E-state index is 12.5. The molecule has 16 nitrogen and oxygen atoms in total. The number of nitrogens with zero attached hydrogens (tertiary/aromatic N) is 4. The van der Waals surface area contributed by atoms with Crippen LogP contribution in [0.2, 0.25) is 0 Å². The second kappa shape index (κ2) is 19.4. The van der Waals surface area contributed by atoms with Crippen LogP contribution in [0, 0.1) is 0 Å². The molecule has 4 heterocycles. The minimum Gasteiger partial charge on any atom is -0.460 e. The molecule has 1 fully saturated rings. The number of aliphatic hydroxyl groups excluding tert-OH is 1. The van der Waals surface area contributed by atoms with Gasteiger partial charge < -0.3 is 48.2 Å². The summed E-state index contributed by atoms with van der Waals surface area (Å²) in [5, 5.41) is 12.8. The number of benzene rings is 1. The Morgan fingerprint density at radius 3 is 2.61 bits per heavy atom. The van der Waals surface area contributed by atoms with E-state index in [1.165, 1.54) is 0 Å². The smallest absolute Gasteiger partial charge is 0.460 e. The number of hydrogen-bond acceptors (Lipinski definition) is 15. The van der Waals surface area contributed by atoms with Crippen molar-refractivity contribution in [3.05, 3.63) is 42.6 Å². The van der Waals surface area contributed by atoms with Crippen molar-refractivity contribution in [2.45, 2.75) is 77.8 Å². The molecule has 1 saturated heterocycles. The van der Waals surface area contributed by atoms with E-state index in [0.717, 1.165) is 5.39 Å². The Morgan fingerprint density at radius 2 is 1.83 bits per heavy atom. The quantitative estimate of drug-likeness (QED) is 0.0601. The molecule has 1 aliphatic heterocycles. The van der Waals surface area contributed by atoms with Crippen LogP contribution in [0.5, 0.6) is 5.75 Å². The number of amides is 1. The first-order chi connectivity index (χ1) is 26.0. The van der Waals surface area contributed by atoms with Gasteiger partial charge in [-0.1, -0.05) is 12.1 Å². The van der Waals surface area contributed by atoms with Crippen molar-refractivity contribution in [2.75, 3.05) is 57.6 Å². The van der Waals surface area contributed by atoms with Gasteiger partial charge in [0.05, 0.1) is 43.5 Å². The van der Waals surface area contributed by atoms with Gasteiger partial charge in [-0.25, -0.2) is 19.7 Å². The number of aromatic nitrogens is 3. The summed E-state index contributed by atoms with van der Waals surface area (Å²) in [6, 6.07) is 10.6. The molecule has 0 spiro atoms. The molecule has 54 heavy (non-hydrogen) atoms. The van der Waals surface area contributed by atoms with E-state index in [4.69, 9.17) is 42.8 Å². The number of anilines is 1. The number of furan rings is 1. The predicted octanol–water partition coefficient (Wildman–Crippen LogP) is 4.94. The number of carbonyl (C=O) groups is 3. The summed E-state index contributed by atoms with van der Waals surface area (Å²) in [5.74, 6) is 0.675. The van der Waals surface area contributed by atoms with Gasteiger partial charge >= 0.3 is 12.1 Å². The number of carbonyl (C=O) groups excluding carboxylic acids is 3. The molecule has 0 radical (unpaired) electrons. The minimum absolute atomic E-state index is 0.0566. The van der Waals surface area contributed by atoms with Crippen LogP contribution in [0.1, 0.15) is 59.8 Å². The van der Waals surface area contributed by atoms with E-state index in [1.807, 2.05) is 39.0 Å². The lowest BCUT2D eigenvalue weighted by Gasteiger charge is -2.28. The van der Waals surface area contributed by atoms with Gasteiger partial charge in [-0.3, -0.25) is 9.59 Å². The van der Waals surface area contributed by atoms with E-state index in [-0.39, 0.29) is 44.3 Å². The molecule has 0 bridgehead atoms. The third-order valence-corrected chi connectivity index (χ3v) is 8.08. The number of ether oxygens (including phenoxy) is 6. The number of aliphatic hydroxyl groups is 1. The Morgan fingerprint density at radius 1 is 1.02 bits per heavy atom. The fraction of sp³-hybridized carbons (Fsp3) is 0.526. The molecular formula is C38H49N5O11. The van der Waals surface area contributed by atoms with Gasteiger partial charge in [-0.15, -0.1) is 0 Å². The Balaban J connectivity index is 1.02. The first-order valence-electron chi connectivity index (χ1n) is 18.2. The first kappa shape index (κ1) is 40.3. The molecule has 2 N–H and O–H groups in total. The summed E-state index contributed by atoms with van der Waals surface area (Å²) < 4.78 is 38.9. The van der Waals surface area contributed by atoms with Crippen LogP contribution >= 0.6 is 0 Å². The van der Waals surface area contributed by atoms with Gasteiger partial charge in [-0.05, 0) is 71.2 Å². The number of pyridine rings is 1. The van der Waals surface area contributed by atoms with E-state index < -0.39 is 30.1 Å². The standard InChI is InChI=1S/C38H49N5O11/c1-25(23-44)51-31(54-38(2,3)4)24-50-30(46)14-8-13-29(45)39-15-5-6-19-49-37(47)52-27-11-7-10-26(22-27)34-41-32-28-12-9-16-40-36(28)53-33(32)35(42-34)43-17-20-48-21-18-43/h7,9-12,16,22,25,31,44H,5-6,8,13-15,17-21,23-24H2,1-4H3,(H,39,45). The fourth-order valence-electron chi connectivity index (χ4n) is 5.53. The maximum Gasteiger partial charge on any atom is 0.513 e. The topological polar surface area (TPSA) is 194 Å². The Labute approximate surface area is 313 Å². The normalized spacial score (nSPS) is 14.5. The van der Waals surface area contributed by atoms with Crippen LogP contribution in [0.3, 0.4) is 0 Å². The van der Waals surface area contributed by atoms with Crippen LogP contribution in [-0.4, -0.2) is 109 Å². The van der Waals surface area contributed by atoms with Gasteiger partial charge in [0.1, 0.15) is 17.9 Å². The molecule has 2 unspecified atom stereocenters. The van der Waals surface area contributed by atoms with Crippen molar-refractivity contribution in [3.63, 3.8) is 0 Å². The van der Waals surface area contributed by atoms with Crippen molar-refractivity contribution in [1.29, 1.82) is 0 Å². The maximum absolute atomic E-state index is 12.5.